The van der Waals surface area contributed by atoms with Crippen LogP contribution in [0.25, 0.3) is 0 Å². The van der Waals surface area contributed by atoms with Crippen LogP contribution in [0.1, 0.15) is 12.5 Å². The van der Waals surface area contributed by atoms with Gasteiger partial charge in [0.05, 0.1) is 5.25 Å². The van der Waals surface area contributed by atoms with E-state index in [1.54, 1.807) is 0 Å². The van der Waals surface area contributed by atoms with Gasteiger partial charge >= 0.3 is 0 Å². The Hall–Kier alpha value is -1.01. The summed E-state index contributed by atoms with van der Waals surface area (Å²) in [5, 5.41) is -0.908. The second-order valence-electron chi connectivity index (χ2n) is 3.02. The lowest BCUT2D eigenvalue weighted by Crippen LogP contribution is -2.19. The molecule has 0 saturated heterocycles. The van der Waals surface area contributed by atoms with Gasteiger partial charge in [0.15, 0.2) is 0 Å². The van der Waals surface area contributed by atoms with Crippen molar-refractivity contribution in [3.05, 3.63) is 29.8 Å². The monoisotopic (exact) mass is 219 g/mol. The van der Waals surface area contributed by atoms with Gasteiger partial charge in [-0.15, -0.1) is 0 Å². The van der Waals surface area contributed by atoms with Crippen LogP contribution in [0.3, 0.4) is 0 Å². The molecule has 1 N–H and O–H groups in total. The van der Waals surface area contributed by atoms with Crippen molar-refractivity contribution in [2.24, 2.45) is 0 Å². The molecule has 0 aliphatic rings. The third-order valence-electron chi connectivity index (χ3n) is 1.82. The second-order valence-corrected chi connectivity index (χ2v) is 4.85. The molecule has 1 atom stereocenters. The molecule has 78 valence electrons. The highest BCUT2D eigenvalue weighted by molar-refractivity contribution is 7.86. The Kier molecular flexibility index (Phi) is 3.17. The number of hydrogen-bond acceptors (Lipinski definition) is 3. The minimum absolute atomic E-state index is 0.117. The Morgan fingerprint density at radius 2 is 2.21 bits per heavy atom. The summed E-state index contributed by atoms with van der Waals surface area (Å²) in [6, 6.07) is 2.58. The maximum absolute atomic E-state index is 12.4. The van der Waals surface area contributed by atoms with E-state index in [1.165, 1.54) is 19.2 Å². The smallest absolute Gasteiger partial charge is 0.267 e. The first-order valence-corrected chi connectivity index (χ1v) is 5.46. The van der Waals surface area contributed by atoms with E-state index in [1.807, 2.05) is 0 Å². The molecule has 1 aromatic rings. The van der Waals surface area contributed by atoms with Crippen LogP contribution >= 0.6 is 0 Å². The fraction of sp³-hybridized carbons (Fsp3) is 0.375. The zero-order valence-corrected chi connectivity index (χ0v) is 8.33. The Morgan fingerprint density at radius 3 is 2.64 bits per heavy atom. The van der Waals surface area contributed by atoms with E-state index in [0.717, 1.165) is 6.07 Å². The number of hydrogen-bond donors (Lipinski definition) is 1. The van der Waals surface area contributed by atoms with Gasteiger partial charge in [-0.2, -0.15) is 12.8 Å². The van der Waals surface area contributed by atoms with E-state index in [2.05, 4.69) is 4.98 Å². The van der Waals surface area contributed by atoms with Crippen LogP contribution < -0.4 is 0 Å². The van der Waals surface area contributed by atoms with Crippen LogP contribution in [0.5, 0.6) is 0 Å². The Balaban J connectivity index is 2.75. The average molecular weight is 219 g/mol. The van der Waals surface area contributed by atoms with Crippen LogP contribution in [0.4, 0.5) is 4.39 Å². The molecule has 0 aliphatic heterocycles. The zero-order chi connectivity index (χ0) is 10.8. The number of pyridine rings is 1. The van der Waals surface area contributed by atoms with Gasteiger partial charge in [-0.3, -0.25) is 4.55 Å². The third-order valence-corrected chi connectivity index (χ3v) is 3.00. The van der Waals surface area contributed by atoms with E-state index in [-0.39, 0.29) is 6.42 Å². The maximum atomic E-state index is 12.4. The molecule has 0 bridgehead atoms. The standard InChI is InChI=1S/C8H10FNO3S/c1-6(14(11,12)13)4-7-2-3-8(9)10-5-7/h2-3,5-6H,4H2,1H3,(H,11,12,13). The first-order chi connectivity index (χ1) is 6.39. The fourth-order valence-corrected chi connectivity index (χ4v) is 1.37. The van der Waals surface area contributed by atoms with E-state index in [9.17, 15) is 12.8 Å². The molecule has 0 spiro atoms. The summed E-state index contributed by atoms with van der Waals surface area (Å²) in [6.45, 7) is 1.37. The van der Waals surface area contributed by atoms with Crippen molar-refractivity contribution in [1.82, 2.24) is 4.98 Å². The summed E-state index contributed by atoms with van der Waals surface area (Å²) in [5.41, 5.74) is 0.566. The summed E-state index contributed by atoms with van der Waals surface area (Å²) in [5.74, 6) is -0.617. The summed E-state index contributed by atoms with van der Waals surface area (Å²) >= 11 is 0. The molecule has 1 unspecified atom stereocenters. The topological polar surface area (TPSA) is 67.3 Å². The molecular formula is C8H10FNO3S. The van der Waals surface area contributed by atoms with Crippen LogP contribution in [-0.2, 0) is 16.5 Å². The van der Waals surface area contributed by atoms with Gasteiger partial charge in [0.2, 0.25) is 5.95 Å². The van der Waals surface area contributed by atoms with Crippen molar-refractivity contribution in [3.63, 3.8) is 0 Å². The SMILES string of the molecule is CC(Cc1ccc(F)nc1)S(=O)(=O)O. The van der Waals surface area contributed by atoms with Crippen LogP contribution in [0.2, 0.25) is 0 Å². The number of rotatable bonds is 3. The van der Waals surface area contributed by atoms with Gasteiger partial charge in [-0.25, -0.2) is 4.98 Å². The third kappa shape index (κ3) is 3.04. The highest BCUT2D eigenvalue weighted by Crippen LogP contribution is 2.08. The molecule has 1 aromatic heterocycles. The van der Waals surface area contributed by atoms with Crippen molar-refractivity contribution in [2.45, 2.75) is 18.6 Å². The van der Waals surface area contributed by atoms with Gasteiger partial charge in [-0.05, 0) is 25.0 Å². The van der Waals surface area contributed by atoms with Crippen LogP contribution in [-0.4, -0.2) is 23.2 Å². The Bertz CT molecular complexity index is 401. The lowest BCUT2D eigenvalue weighted by molar-refractivity contribution is 0.469. The summed E-state index contributed by atoms with van der Waals surface area (Å²) in [6.07, 6.45) is 1.36. The molecule has 4 nitrogen and oxygen atoms in total. The van der Waals surface area contributed by atoms with E-state index in [4.69, 9.17) is 4.55 Å². The molecule has 14 heavy (non-hydrogen) atoms. The van der Waals surface area contributed by atoms with Crippen molar-refractivity contribution in [3.8, 4) is 0 Å². The summed E-state index contributed by atoms with van der Waals surface area (Å²) < 4.78 is 42.4. The number of halogens is 1. The minimum Gasteiger partial charge on any atom is -0.285 e. The summed E-state index contributed by atoms with van der Waals surface area (Å²) in [7, 11) is -4.03. The second kappa shape index (κ2) is 4.02. The quantitative estimate of drug-likeness (QED) is 0.609. The molecule has 1 heterocycles. The first-order valence-electron chi connectivity index (χ1n) is 3.96. The molecule has 1 rings (SSSR count). The highest BCUT2D eigenvalue weighted by atomic mass is 32.2. The minimum atomic E-state index is -4.03. The number of aromatic nitrogens is 1. The van der Waals surface area contributed by atoms with Gasteiger partial charge in [0, 0.05) is 6.20 Å². The average Bonchev–Trinajstić information content (AvgIpc) is 2.07. The first kappa shape index (κ1) is 11.1. The predicted molar refractivity (Wildman–Crippen MR) is 48.9 cm³/mol. The van der Waals surface area contributed by atoms with Crippen molar-refractivity contribution in [2.75, 3.05) is 0 Å². The summed E-state index contributed by atoms with van der Waals surface area (Å²) in [4.78, 5) is 3.37. The molecule has 0 aromatic carbocycles. The lowest BCUT2D eigenvalue weighted by atomic mass is 10.2. The molecule has 6 heteroatoms. The zero-order valence-electron chi connectivity index (χ0n) is 7.51. The lowest BCUT2D eigenvalue weighted by Gasteiger charge is -2.06. The number of nitrogens with zero attached hydrogens (tertiary/aromatic N) is 1. The Labute approximate surface area is 81.5 Å². The molecular weight excluding hydrogens is 209 g/mol. The predicted octanol–water partition coefficient (Wildman–Crippen LogP) is 1.04. The molecule has 0 amide bonds. The van der Waals surface area contributed by atoms with Gasteiger partial charge in [-0.1, -0.05) is 6.07 Å². The van der Waals surface area contributed by atoms with Crippen molar-refractivity contribution < 1.29 is 17.4 Å². The molecule has 0 fully saturated rings. The molecule has 0 aliphatic carbocycles. The van der Waals surface area contributed by atoms with E-state index >= 15 is 0 Å². The largest absolute Gasteiger partial charge is 0.285 e. The van der Waals surface area contributed by atoms with E-state index in [0.29, 0.717) is 5.56 Å². The van der Waals surface area contributed by atoms with Gasteiger partial charge < -0.3 is 0 Å². The van der Waals surface area contributed by atoms with Crippen LogP contribution in [0.15, 0.2) is 18.3 Å². The van der Waals surface area contributed by atoms with Crippen LogP contribution in [0, 0.1) is 5.95 Å². The van der Waals surface area contributed by atoms with Gasteiger partial charge in [0.25, 0.3) is 10.1 Å². The normalized spacial score (nSPS) is 13.9. The Morgan fingerprint density at radius 1 is 1.57 bits per heavy atom. The molecule has 0 saturated carbocycles. The van der Waals surface area contributed by atoms with Crippen molar-refractivity contribution in [1.29, 1.82) is 0 Å². The fourth-order valence-electron chi connectivity index (χ4n) is 0.964. The van der Waals surface area contributed by atoms with Crippen molar-refractivity contribution >= 4 is 10.1 Å². The van der Waals surface area contributed by atoms with Gasteiger partial charge in [0.1, 0.15) is 0 Å². The maximum Gasteiger partial charge on any atom is 0.267 e. The van der Waals surface area contributed by atoms with E-state index < -0.39 is 21.3 Å². The highest BCUT2D eigenvalue weighted by Gasteiger charge is 2.17. The molecule has 0 radical (unpaired) electrons.